The summed E-state index contributed by atoms with van der Waals surface area (Å²) in [5, 5.41) is 6.29. The van der Waals surface area contributed by atoms with Crippen LogP contribution in [0.25, 0.3) is 0 Å². The first-order valence-corrected chi connectivity index (χ1v) is 9.12. The molecule has 1 saturated heterocycles. The minimum atomic E-state index is 0.110. The highest BCUT2D eigenvalue weighted by atomic mass is 16.2. The van der Waals surface area contributed by atoms with Gasteiger partial charge in [-0.1, -0.05) is 18.2 Å². The van der Waals surface area contributed by atoms with Gasteiger partial charge in [0.25, 0.3) is 0 Å². The van der Waals surface area contributed by atoms with Crippen molar-refractivity contribution in [1.82, 2.24) is 15.1 Å². The normalized spacial score (nSPS) is 18.1. The van der Waals surface area contributed by atoms with Crippen LogP contribution in [0.15, 0.2) is 18.2 Å². The molecule has 0 aromatic heterocycles. The molecule has 2 aliphatic rings. The van der Waals surface area contributed by atoms with Crippen LogP contribution in [0.1, 0.15) is 24.0 Å². The number of rotatable bonds is 6. The third kappa shape index (κ3) is 4.95. The zero-order valence-corrected chi connectivity index (χ0v) is 15.2. The summed E-state index contributed by atoms with van der Waals surface area (Å²) in [6.45, 7) is 7.73. The Morgan fingerprint density at radius 2 is 1.72 bits per heavy atom. The highest BCUT2D eigenvalue weighted by Gasteiger charge is 2.26. The van der Waals surface area contributed by atoms with Crippen molar-refractivity contribution in [2.45, 2.75) is 32.7 Å². The van der Waals surface area contributed by atoms with E-state index in [2.05, 4.69) is 15.5 Å². The standard InChI is InChI=1S/C19H28N4O2/c1-14-4-3-5-15(2)19(14)20-12-18(25)23-10-8-22(9-11-23)13-17(24)21-16-6-7-16/h3-5,16,20H,6-13H2,1-2H3,(H,21,24). The summed E-state index contributed by atoms with van der Waals surface area (Å²) in [5.74, 6) is 0.226. The number of nitrogens with zero attached hydrogens (tertiary/aromatic N) is 2. The smallest absolute Gasteiger partial charge is 0.241 e. The molecule has 1 heterocycles. The fourth-order valence-corrected chi connectivity index (χ4v) is 3.23. The number of carbonyl (C=O) groups excluding carboxylic acids is 2. The van der Waals surface area contributed by atoms with Gasteiger partial charge in [-0.3, -0.25) is 14.5 Å². The number of anilines is 1. The molecule has 2 amide bonds. The molecule has 2 fully saturated rings. The van der Waals surface area contributed by atoms with Crippen LogP contribution in [-0.2, 0) is 9.59 Å². The highest BCUT2D eigenvalue weighted by Crippen LogP contribution is 2.19. The van der Waals surface area contributed by atoms with Crippen LogP contribution in [0.2, 0.25) is 0 Å². The van der Waals surface area contributed by atoms with Gasteiger partial charge in [0, 0.05) is 37.9 Å². The van der Waals surface area contributed by atoms with Crippen molar-refractivity contribution in [2.75, 3.05) is 44.6 Å². The Bertz CT molecular complexity index is 614. The average molecular weight is 344 g/mol. The molecule has 0 spiro atoms. The first kappa shape index (κ1) is 17.7. The maximum absolute atomic E-state index is 12.4. The molecule has 1 aliphatic heterocycles. The zero-order chi connectivity index (χ0) is 17.8. The lowest BCUT2D eigenvalue weighted by molar-refractivity contribution is -0.131. The number of aryl methyl sites for hydroxylation is 2. The maximum atomic E-state index is 12.4. The molecular weight excluding hydrogens is 316 g/mol. The number of carbonyl (C=O) groups is 2. The lowest BCUT2D eigenvalue weighted by Gasteiger charge is -2.34. The van der Waals surface area contributed by atoms with Gasteiger partial charge in [0.1, 0.15) is 0 Å². The molecule has 0 bridgehead atoms. The number of piperazine rings is 1. The van der Waals surface area contributed by atoms with Crippen molar-refractivity contribution in [1.29, 1.82) is 0 Å². The van der Waals surface area contributed by atoms with Gasteiger partial charge in [-0.05, 0) is 37.8 Å². The van der Waals surface area contributed by atoms with Crippen molar-refractivity contribution in [2.24, 2.45) is 0 Å². The number of hydrogen-bond acceptors (Lipinski definition) is 4. The Morgan fingerprint density at radius 3 is 2.32 bits per heavy atom. The van der Waals surface area contributed by atoms with E-state index in [0.29, 0.717) is 32.2 Å². The molecule has 6 nitrogen and oxygen atoms in total. The van der Waals surface area contributed by atoms with E-state index >= 15 is 0 Å². The lowest BCUT2D eigenvalue weighted by Crippen LogP contribution is -2.52. The fourth-order valence-electron chi connectivity index (χ4n) is 3.23. The van der Waals surface area contributed by atoms with Gasteiger partial charge < -0.3 is 15.5 Å². The highest BCUT2D eigenvalue weighted by molar-refractivity contribution is 5.82. The van der Waals surface area contributed by atoms with E-state index in [1.54, 1.807) is 0 Å². The predicted molar refractivity (Wildman–Crippen MR) is 98.6 cm³/mol. The number of benzene rings is 1. The molecular formula is C19H28N4O2. The molecule has 0 unspecified atom stereocenters. The molecule has 1 aliphatic carbocycles. The Kier molecular flexibility index (Phi) is 5.58. The third-order valence-corrected chi connectivity index (χ3v) is 4.93. The molecule has 136 valence electrons. The summed E-state index contributed by atoms with van der Waals surface area (Å²) >= 11 is 0. The summed E-state index contributed by atoms with van der Waals surface area (Å²) in [7, 11) is 0. The van der Waals surface area contributed by atoms with E-state index in [4.69, 9.17) is 0 Å². The molecule has 6 heteroatoms. The van der Waals surface area contributed by atoms with Gasteiger partial charge in [-0.25, -0.2) is 0 Å². The minimum absolute atomic E-state index is 0.110. The quantitative estimate of drug-likeness (QED) is 0.812. The van der Waals surface area contributed by atoms with Crippen LogP contribution in [-0.4, -0.2) is 66.9 Å². The van der Waals surface area contributed by atoms with Crippen molar-refractivity contribution in [3.05, 3.63) is 29.3 Å². The Balaban J connectivity index is 1.41. The molecule has 1 aromatic carbocycles. The maximum Gasteiger partial charge on any atom is 0.241 e. The van der Waals surface area contributed by atoms with E-state index in [0.717, 1.165) is 42.7 Å². The molecule has 25 heavy (non-hydrogen) atoms. The van der Waals surface area contributed by atoms with Crippen LogP contribution >= 0.6 is 0 Å². The second-order valence-corrected chi connectivity index (χ2v) is 7.12. The SMILES string of the molecule is Cc1cccc(C)c1NCC(=O)N1CCN(CC(=O)NC2CC2)CC1. The van der Waals surface area contributed by atoms with Crippen LogP contribution in [0.3, 0.4) is 0 Å². The van der Waals surface area contributed by atoms with Crippen molar-refractivity contribution in [3.63, 3.8) is 0 Å². The number of amides is 2. The Hall–Kier alpha value is -2.08. The molecule has 0 atom stereocenters. The Labute approximate surface area is 149 Å². The van der Waals surface area contributed by atoms with Crippen molar-refractivity contribution >= 4 is 17.5 Å². The largest absolute Gasteiger partial charge is 0.376 e. The monoisotopic (exact) mass is 344 g/mol. The first-order valence-electron chi connectivity index (χ1n) is 9.12. The van der Waals surface area contributed by atoms with Crippen molar-refractivity contribution in [3.8, 4) is 0 Å². The molecule has 3 rings (SSSR count). The average Bonchev–Trinajstić information content (AvgIpc) is 3.38. The number of para-hydroxylation sites is 1. The van der Waals surface area contributed by atoms with Crippen LogP contribution in [0.4, 0.5) is 5.69 Å². The number of nitrogens with one attached hydrogen (secondary N) is 2. The zero-order valence-electron chi connectivity index (χ0n) is 15.2. The van der Waals surface area contributed by atoms with Gasteiger partial charge in [0.15, 0.2) is 0 Å². The van der Waals surface area contributed by atoms with Gasteiger partial charge in [0.2, 0.25) is 11.8 Å². The van der Waals surface area contributed by atoms with Crippen molar-refractivity contribution < 1.29 is 9.59 Å². The predicted octanol–water partition coefficient (Wildman–Crippen LogP) is 1.14. The topological polar surface area (TPSA) is 64.7 Å². The van der Waals surface area contributed by atoms with Gasteiger partial charge in [-0.15, -0.1) is 0 Å². The van der Waals surface area contributed by atoms with E-state index in [1.165, 1.54) is 0 Å². The van der Waals surface area contributed by atoms with Crippen LogP contribution in [0.5, 0.6) is 0 Å². The second kappa shape index (κ2) is 7.87. The third-order valence-electron chi connectivity index (χ3n) is 4.93. The van der Waals surface area contributed by atoms with E-state index in [1.807, 2.05) is 36.9 Å². The summed E-state index contributed by atoms with van der Waals surface area (Å²) in [4.78, 5) is 28.3. The van der Waals surface area contributed by atoms with E-state index < -0.39 is 0 Å². The summed E-state index contributed by atoms with van der Waals surface area (Å²) in [6, 6.07) is 6.53. The second-order valence-electron chi connectivity index (χ2n) is 7.12. The van der Waals surface area contributed by atoms with E-state index in [-0.39, 0.29) is 11.8 Å². The van der Waals surface area contributed by atoms with Crippen LogP contribution in [0, 0.1) is 13.8 Å². The lowest BCUT2D eigenvalue weighted by atomic mass is 10.1. The van der Waals surface area contributed by atoms with Crippen LogP contribution < -0.4 is 10.6 Å². The number of hydrogen-bond donors (Lipinski definition) is 2. The molecule has 1 aromatic rings. The minimum Gasteiger partial charge on any atom is -0.376 e. The molecule has 2 N–H and O–H groups in total. The molecule has 1 saturated carbocycles. The first-order chi connectivity index (χ1) is 12.0. The van der Waals surface area contributed by atoms with Gasteiger partial charge >= 0.3 is 0 Å². The fraction of sp³-hybridized carbons (Fsp3) is 0.579. The van der Waals surface area contributed by atoms with Gasteiger partial charge in [-0.2, -0.15) is 0 Å². The molecule has 0 radical (unpaired) electrons. The summed E-state index contributed by atoms with van der Waals surface area (Å²) in [5.41, 5.74) is 3.35. The van der Waals surface area contributed by atoms with Gasteiger partial charge in [0.05, 0.1) is 13.1 Å². The summed E-state index contributed by atoms with van der Waals surface area (Å²) in [6.07, 6.45) is 2.22. The Morgan fingerprint density at radius 1 is 1.08 bits per heavy atom. The summed E-state index contributed by atoms with van der Waals surface area (Å²) < 4.78 is 0. The van der Waals surface area contributed by atoms with E-state index in [9.17, 15) is 9.59 Å².